The van der Waals surface area contributed by atoms with Crippen molar-refractivity contribution in [2.45, 2.75) is 39.3 Å². The van der Waals surface area contributed by atoms with Gasteiger partial charge in [0.2, 0.25) is 0 Å². The molecule has 2 nitrogen and oxygen atoms in total. The summed E-state index contributed by atoms with van der Waals surface area (Å²) in [6.07, 6.45) is 1.20. The van der Waals surface area contributed by atoms with Gasteiger partial charge in [-0.3, -0.25) is 4.90 Å². The average Bonchev–Trinajstić information content (AvgIpc) is 2.50. The van der Waals surface area contributed by atoms with Gasteiger partial charge in [0.05, 0.1) is 0 Å². The van der Waals surface area contributed by atoms with Crippen LogP contribution in [0.3, 0.4) is 0 Å². The molecule has 0 saturated carbocycles. The van der Waals surface area contributed by atoms with E-state index in [-0.39, 0.29) is 0 Å². The van der Waals surface area contributed by atoms with Crippen LogP contribution in [0.25, 0.3) is 10.8 Å². The lowest BCUT2D eigenvalue weighted by molar-refractivity contribution is 0.200. The number of nitrogens with one attached hydrogen (secondary N) is 1. The van der Waals surface area contributed by atoms with Gasteiger partial charge in [-0.2, -0.15) is 0 Å². The summed E-state index contributed by atoms with van der Waals surface area (Å²) in [5.41, 5.74) is 1.37. The summed E-state index contributed by atoms with van der Waals surface area (Å²) in [7, 11) is 2.06. The Bertz CT molecular complexity index is 562. The summed E-state index contributed by atoms with van der Waals surface area (Å²) >= 11 is 0. The highest BCUT2D eigenvalue weighted by Crippen LogP contribution is 2.21. The second-order valence-corrected chi connectivity index (χ2v) is 6.04. The van der Waals surface area contributed by atoms with Gasteiger partial charge in [0.25, 0.3) is 0 Å². The highest BCUT2D eigenvalue weighted by molar-refractivity contribution is 5.83. The zero-order valence-corrected chi connectivity index (χ0v) is 13.8. The average molecular weight is 284 g/mol. The largest absolute Gasteiger partial charge is 0.312 e. The molecule has 21 heavy (non-hydrogen) atoms. The number of likely N-dealkylation sites (N-methyl/N-ethyl adjacent to an activating group) is 1. The number of nitrogens with zero attached hydrogens (tertiary/aromatic N) is 1. The first kappa shape index (κ1) is 16.0. The van der Waals surface area contributed by atoms with E-state index >= 15 is 0 Å². The van der Waals surface area contributed by atoms with E-state index < -0.39 is 0 Å². The fourth-order valence-corrected chi connectivity index (χ4v) is 2.87. The summed E-state index contributed by atoms with van der Waals surface area (Å²) in [5, 5.41) is 6.12. The molecule has 0 saturated heterocycles. The maximum absolute atomic E-state index is 3.49. The number of hydrogen-bond acceptors (Lipinski definition) is 2. The van der Waals surface area contributed by atoms with Crippen LogP contribution in [0.15, 0.2) is 42.5 Å². The Kier molecular flexibility index (Phi) is 5.77. The van der Waals surface area contributed by atoms with Gasteiger partial charge in [-0.05, 0) is 56.3 Å². The molecule has 0 radical (unpaired) electrons. The molecule has 0 aromatic heterocycles. The first-order valence-corrected chi connectivity index (χ1v) is 8.05. The molecule has 114 valence electrons. The quantitative estimate of drug-likeness (QED) is 0.819. The Hall–Kier alpha value is -1.38. The molecule has 0 amide bonds. The fourth-order valence-electron chi connectivity index (χ4n) is 2.87. The molecule has 0 bridgehead atoms. The topological polar surface area (TPSA) is 15.3 Å². The highest BCUT2D eigenvalue weighted by Gasteiger charge is 2.16. The van der Waals surface area contributed by atoms with Crippen LogP contribution < -0.4 is 5.32 Å². The van der Waals surface area contributed by atoms with Crippen LogP contribution in [-0.4, -0.2) is 31.1 Å². The minimum Gasteiger partial charge on any atom is -0.312 e. The van der Waals surface area contributed by atoms with Crippen molar-refractivity contribution >= 4 is 10.8 Å². The van der Waals surface area contributed by atoms with Gasteiger partial charge >= 0.3 is 0 Å². The SMILES string of the molecule is CCCN(CC(NC)c1ccc2ccccc2c1)C(C)C. The standard InChI is InChI=1S/C19H28N2/c1-5-12-21(15(2)3)14-19(20-4)18-11-10-16-8-6-7-9-17(16)13-18/h6-11,13,15,19-20H,5,12,14H2,1-4H3. The second kappa shape index (κ2) is 7.58. The minimum absolute atomic E-state index is 0.378. The molecule has 0 spiro atoms. The predicted molar refractivity (Wildman–Crippen MR) is 92.7 cm³/mol. The lowest BCUT2D eigenvalue weighted by atomic mass is 10.0. The summed E-state index contributed by atoms with van der Waals surface area (Å²) in [4.78, 5) is 2.55. The third-order valence-electron chi connectivity index (χ3n) is 4.18. The van der Waals surface area contributed by atoms with Crippen molar-refractivity contribution in [2.75, 3.05) is 20.1 Å². The van der Waals surface area contributed by atoms with Gasteiger partial charge < -0.3 is 5.32 Å². The Labute approximate surface area is 129 Å². The van der Waals surface area contributed by atoms with Crippen molar-refractivity contribution < 1.29 is 0 Å². The fraction of sp³-hybridized carbons (Fsp3) is 0.474. The molecule has 1 N–H and O–H groups in total. The maximum Gasteiger partial charge on any atom is 0.0447 e. The first-order valence-electron chi connectivity index (χ1n) is 8.05. The molecular weight excluding hydrogens is 256 g/mol. The summed E-state index contributed by atoms with van der Waals surface area (Å²) in [6.45, 7) is 9.02. The van der Waals surface area contributed by atoms with E-state index in [4.69, 9.17) is 0 Å². The maximum atomic E-state index is 3.49. The van der Waals surface area contributed by atoms with E-state index in [2.05, 4.69) is 80.5 Å². The number of fused-ring (bicyclic) bond motifs is 1. The second-order valence-electron chi connectivity index (χ2n) is 6.04. The molecule has 0 heterocycles. The Morgan fingerprint density at radius 3 is 2.38 bits per heavy atom. The van der Waals surface area contributed by atoms with Crippen molar-refractivity contribution in [2.24, 2.45) is 0 Å². The van der Waals surface area contributed by atoms with Crippen LogP contribution in [0.4, 0.5) is 0 Å². The van der Waals surface area contributed by atoms with Gasteiger partial charge in [0.15, 0.2) is 0 Å². The van der Waals surface area contributed by atoms with Crippen molar-refractivity contribution in [3.63, 3.8) is 0 Å². The molecule has 1 unspecified atom stereocenters. The summed E-state index contributed by atoms with van der Waals surface area (Å²) < 4.78 is 0. The Morgan fingerprint density at radius 1 is 1.05 bits per heavy atom. The summed E-state index contributed by atoms with van der Waals surface area (Å²) in [6, 6.07) is 16.3. The van der Waals surface area contributed by atoms with Crippen LogP contribution in [0.1, 0.15) is 38.8 Å². The van der Waals surface area contributed by atoms with Gasteiger partial charge in [0, 0.05) is 18.6 Å². The summed E-state index contributed by atoms with van der Waals surface area (Å²) in [5.74, 6) is 0. The first-order chi connectivity index (χ1) is 10.2. The van der Waals surface area contributed by atoms with Gasteiger partial charge in [0.1, 0.15) is 0 Å². The van der Waals surface area contributed by atoms with Crippen LogP contribution in [0.2, 0.25) is 0 Å². The Balaban J connectivity index is 2.21. The van der Waals surface area contributed by atoms with Gasteiger partial charge in [-0.1, -0.05) is 43.3 Å². The van der Waals surface area contributed by atoms with Crippen molar-refractivity contribution in [1.29, 1.82) is 0 Å². The predicted octanol–water partition coefficient (Wildman–Crippen LogP) is 4.22. The van der Waals surface area contributed by atoms with E-state index in [1.807, 2.05) is 0 Å². The molecule has 0 aliphatic rings. The van der Waals surface area contributed by atoms with E-state index in [9.17, 15) is 0 Å². The molecule has 2 aromatic carbocycles. The normalized spacial score (nSPS) is 13.2. The van der Waals surface area contributed by atoms with Gasteiger partial charge in [-0.15, -0.1) is 0 Å². The van der Waals surface area contributed by atoms with Crippen LogP contribution in [0, 0.1) is 0 Å². The molecule has 2 aromatic rings. The number of benzene rings is 2. The highest BCUT2D eigenvalue weighted by atomic mass is 15.2. The van der Waals surface area contributed by atoms with E-state index in [0.717, 1.165) is 13.1 Å². The molecule has 2 rings (SSSR count). The molecule has 0 aliphatic carbocycles. The van der Waals surface area contributed by atoms with Crippen LogP contribution in [-0.2, 0) is 0 Å². The monoisotopic (exact) mass is 284 g/mol. The van der Waals surface area contributed by atoms with Crippen molar-refractivity contribution in [3.8, 4) is 0 Å². The lowest BCUT2D eigenvalue weighted by Gasteiger charge is -2.30. The molecule has 0 aliphatic heterocycles. The third-order valence-corrected chi connectivity index (χ3v) is 4.18. The molecule has 2 heteroatoms. The number of rotatable bonds is 7. The van der Waals surface area contributed by atoms with E-state index in [0.29, 0.717) is 12.1 Å². The lowest BCUT2D eigenvalue weighted by Crippen LogP contribution is -2.38. The van der Waals surface area contributed by atoms with Crippen molar-refractivity contribution in [3.05, 3.63) is 48.0 Å². The molecule has 1 atom stereocenters. The molecular formula is C19H28N2. The third kappa shape index (κ3) is 4.05. The number of hydrogen-bond donors (Lipinski definition) is 1. The minimum atomic E-state index is 0.378. The van der Waals surface area contributed by atoms with Crippen LogP contribution in [0.5, 0.6) is 0 Å². The zero-order valence-electron chi connectivity index (χ0n) is 13.8. The van der Waals surface area contributed by atoms with E-state index in [1.54, 1.807) is 0 Å². The van der Waals surface area contributed by atoms with Gasteiger partial charge in [-0.25, -0.2) is 0 Å². The smallest absolute Gasteiger partial charge is 0.0447 e. The zero-order chi connectivity index (χ0) is 15.2. The van der Waals surface area contributed by atoms with E-state index in [1.165, 1.54) is 22.8 Å². The molecule has 0 fully saturated rings. The van der Waals surface area contributed by atoms with Crippen LogP contribution >= 0.6 is 0 Å². The van der Waals surface area contributed by atoms with Crippen molar-refractivity contribution in [1.82, 2.24) is 10.2 Å². The Morgan fingerprint density at radius 2 is 1.76 bits per heavy atom.